The first-order chi connectivity index (χ1) is 13.2. The van der Waals surface area contributed by atoms with E-state index in [0.717, 1.165) is 16.9 Å². The summed E-state index contributed by atoms with van der Waals surface area (Å²) in [7, 11) is 3.21. The van der Waals surface area contributed by atoms with E-state index in [0.29, 0.717) is 17.1 Å². The molecule has 0 unspecified atom stereocenters. The summed E-state index contributed by atoms with van der Waals surface area (Å²) in [5.74, 6) is 1.22. The molecule has 0 aromatic heterocycles. The van der Waals surface area contributed by atoms with Crippen molar-refractivity contribution in [2.75, 3.05) is 24.4 Å². The lowest BCUT2D eigenvalue weighted by molar-refractivity contribution is 0.0975. The van der Waals surface area contributed by atoms with Gasteiger partial charge in [-0.25, -0.2) is 0 Å². The lowest BCUT2D eigenvalue weighted by Gasteiger charge is -2.38. The maximum Gasteiger partial charge on any atom is 0.262 e. The van der Waals surface area contributed by atoms with Gasteiger partial charge in [0, 0.05) is 11.4 Å². The zero-order chi connectivity index (χ0) is 18.8. The molecule has 0 bridgehead atoms. The number of hydrogen-bond acceptors (Lipinski definition) is 4. The van der Waals surface area contributed by atoms with Crippen LogP contribution in [0.1, 0.15) is 22.1 Å². The lowest BCUT2D eigenvalue weighted by atomic mass is 10.0. The molecule has 3 aromatic carbocycles. The van der Waals surface area contributed by atoms with Gasteiger partial charge in [0.15, 0.2) is 11.5 Å². The van der Waals surface area contributed by atoms with Crippen molar-refractivity contribution in [2.45, 2.75) is 6.17 Å². The highest BCUT2D eigenvalue weighted by Gasteiger charge is 2.34. The van der Waals surface area contributed by atoms with Crippen molar-refractivity contribution in [2.24, 2.45) is 0 Å². The molecule has 0 saturated heterocycles. The summed E-state index contributed by atoms with van der Waals surface area (Å²) >= 11 is 0. The molecule has 136 valence electrons. The van der Waals surface area contributed by atoms with Crippen molar-refractivity contribution in [1.82, 2.24) is 0 Å². The molecule has 5 nitrogen and oxygen atoms in total. The molecule has 0 spiro atoms. The first kappa shape index (κ1) is 17.0. The van der Waals surface area contributed by atoms with E-state index in [4.69, 9.17) is 9.47 Å². The highest BCUT2D eigenvalue weighted by atomic mass is 16.5. The van der Waals surface area contributed by atoms with E-state index in [1.165, 1.54) is 0 Å². The van der Waals surface area contributed by atoms with Crippen LogP contribution in [-0.2, 0) is 0 Å². The second-order valence-electron chi connectivity index (χ2n) is 6.22. The summed E-state index contributed by atoms with van der Waals surface area (Å²) in [6, 6.07) is 22.9. The van der Waals surface area contributed by atoms with E-state index >= 15 is 0 Å². The fraction of sp³-hybridized carbons (Fsp3) is 0.136. The number of nitrogens with one attached hydrogen (secondary N) is 1. The van der Waals surface area contributed by atoms with Gasteiger partial charge in [0.25, 0.3) is 5.91 Å². The zero-order valence-electron chi connectivity index (χ0n) is 15.2. The number of amides is 1. The highest BCUT2D eigenvalue weighted by Crippen LogP contribution is 2.39. The maximum atomic E-state index is 13.3. The third-order valence-corrected chi connectivity index (χ3v) is 4.68. The largest absolute Gasteiger partial charge is 0.493 e. The monoisotopic (exact) mass is 360 g/mol. The molecule has 1 atom stereocenters. The minimum atomic E-state index is -0.366. The number of methoxy groups -OCH3 is 2. The predicted octanol–water partition coefficient (Wildman–Crippen LogP) is 4.47. The van der Waals surface area contributed by atoms with Crippen LogP contribution < -0.4 is 19.7 Å². The van der Waals surface area contributed by atoms with Crippen molar-refractivity contribution < 1.29 is 14.3 Å². The van der Waals surface area contributed by atoms with Crippen LogP contribution in [0.15, 0.2) is 72.8 Å². The molecule has 1 amide bonds. The fourth-order valence-corrected chi connectivity index (χ4v) is 3.36. The molecule has 1 heterocycles. The van der Waals surface area contributed by atoms with Gasteiger partial charge in [-0.2, -0.15) is 0 Å². The molecule has 1 aliphatic heterocycles. The Labute approximate surface area is 158 Å². The number of fused-ring (bicyclic) bond motifs is 1. The number of carbonyl (C=O) groups is 1. The average molecular weight is 360 g/mol. The van der Waals surface area contributed by atoms with Crippen LogP contribution in [0.2, 0.25) is 0 Å². The smallest absolute Gasteiger partial charge is 0.262 e. The van der Waals surface area contributed by atoms with Crippen molar-refractivity contribution in [3.63, 3.8) is 0 Å². The number of ether oxygens (including phenoxy) is 2. The Hall–Kier alpha value is -3.47. The second-order valence-corrected chi connectivity index (χ2v) is 6.22. The maximum absolute atomic E-state index is 13.3. The number of para-hydroxylation sites is 2. The molecule has 0 radical (unpaired) electrons. The van der Waals surface area contributed by atoms with Gasteiger partial charge >= 0.3 is 0 Å². The molecule has 0 aliphatic carbocycles. The molecule has 3 aromatic rings. The van der Waals surface area contributed by atoms with Crippen LogP contribution in [0.4, 0.5) is 11.4 Å². The number of hydrogen-bond donors (Lipinski definition) is 1. The first-order valence-electron chi connectivity index (χ1n) is 8.69. The summed E-state index contributed by atoms with van der Waals surface area (Å²) in [6.45, 7) is 0. The number of rotatable bonds is 4. The predicted molar refractivity (Wildman–Crippen MR) is 106 cm³/mol. The van der Waals surface area contributed by atoms with Crippen molar-refractivity contribution in [1.29, 1.82) is 0 Å². The summed E-state index contributed by atoms with van der Waals surface area (Å²) in [6.07, 6.45) is -0.366. The van der Waals surface area contributed by atoms with Gasteiger partial charge in [-0.1, -0.05) is 36.4 Å². The quantitative estimate of drug-likeness (QED) is 0.746. The number of anilines is 2. The fourth-order valence-electron chi connectivity index (χ4n) is 3.36. The SMILES string of the molecule is COc1ccc([C@H]2Nc3ccccc3C(=O)N2c2ccccc2)cc1OC. The van der Waals surface area contributed by atoms with Crippen LogP contribution in [-0.4, -0.2) is 20.1 Å². The standard InChI is InChI=1S/C22H20N2O3/c1-26-19-13-12-15(14-20(19)27-2)21-23-18-11-7-6-10-17(18)22(25)24(21)16-8-4-3-5-9-16/h3-14,21,23H,1-2H3/t21-/m0/s1. The molecular formula is C22H20N2O3. The van der Waals surface area contributed by atoms with E-state index in [9.17, 15) is 4.79 Å². The summed E-state index contributed by atoms with van der Waals surface area (Å²) in [4.78, 5) is 15.1. The molecule has 1 N–H and O–H groups in total. The lowest BCUT2D eigenvalue weighted by Crippen LogP contribution is -2.43. The summed E-state index contributed by atoms with van der Waals surface area (Å²) < 4.78 is 10.8. The van der Waals surface area contributed by atoms with E-state index in [2.05, 4.69) is 5.32 Å². The Morgan fingerprint density at radius 1 is 0.852 bits per heavy atom. The molecule has 4 rings (SSSR count). The third-order valence-electron chi connectivity index (χ3n) is 4.68. The Kier molecular flexibility index (Phi) is 4.42. The zero-order valence-corrected chi connectivity index (χ0v) is 15.2. The topological polar surface area (TPSA) is 50.8 Å². The van der Waals surface area contributed by atoms with Crippen LogP contribution >= 0.6 is 0 Å². The van der Waals surface area contributed by atoms with Gasteiger partial charge in [-0.3, -0.25) is 9.69 Å². The summed E-state index contributed by atoms with van der Waals surface area (Å²) in [5, 5.41) is 3.49. The highest BCUT2D eigenvalue weighted by molar-refractivity contribution is 6.12. The van der Waals surface area contributed by atoms with Crippen LogP contribution in [0.3, 0.4) is 0 Å². The minimum absolute atomic E-state index is 0.0460. The minimum Gasteiger partial charge on any atom is -0.493 e. The first-order valence-corrected chi connectivity index (χ1v) is 8.69. The third kappa shape index (κ3) is 2.97. The van der Waals surface area contributed by atoms with Crippen LogP contribution in [0.25, 0.3) is 0 Å². The van der Waals surface area contributed by atoms with Crippen molar-refractivity contribution in [3.05, 3.63) is 83.9 Å². The van der Waals surface area contributed by atoms with Gasteiger partial charge in [-0.05, 0) is 42.0 Å². The van der Waals surface area contributed by atoms with E-state index in [1.54, 1.807) is 19.1 Å². The van der Waals surface area contributed by atoms with Gasteiger partial charge in [-0.15, -0.1) is 0 Å². The Morgan fingerprint density at radius 3 is 2.30 bits per heavy atom. The Morgan fingerprint density at radius 2 is 1.56 bits per heavy atom. The molecule has 1 aliphatic rings. The average Bonchev–Trinajstić information content (AvgIpc) is 2.73. The van der Waals surface area contributed by atoms with E-state index < -0.39 is 0 Å². The Bertz CT molecular complexity index is 972. The molecule has 27 heavy (non-hydrogen) atoms. The molecular weight excluding hydrogens is 340 g/mol. The van der Waals surface area contributed by atoms with Crippen LogP contribution in [0.5, 0.6) is 11.5 Å². The Balaban J connectivity index is 1.85. The van der Waals surface area contributed by atoms with Crippen molar-refractivity contribution >= 4 is 17.3 Å². The molecule has 0 saturated carbocycles. The van der Waals surface area contributed by atoms with Crippen molar-refractivity contribution in [3.8, 4) is 11.5 Å². The molecule has 5 heteroatoms. The van der Waals surface area contributed by atoms with Gasteiger partial charge in [0.05, 0.1) is 19.8 Å². The van der Waals surface area contributed by atoms with Crippen LogP contribution in [0, 0.1) is 0 Å². The second kappa shape index (κ2) is 7.03. The van der Waals surface area contributed by atoms with Gasteiger partial charge < -0.3 is 14.8 Å². The molecule has 0 fully saturated rings. The normalized spacial score (nSPS) is 15.7. The number of carbonyl (C=O) groups excluding carboxylic acids is 1. The number of benzene rings is 3. The van der Waals surface area contributed by atoms with E-state index in [1.807, 2.05) is 72.8 Å². The van der Waals surface area contributed by atoms with Gasteiger partial charge in [0.2, 0.25) is 0 Å². The summed E-state index contributed by atoms with van der Waals surface area (Å²) in [5.41, 5.74) is 3.19. The van der Waals surface area contributed by atoms with Gasteiger partial charge in [0.1, 0.15) is 6.17 Å². The number of nitrogens with zero attached hydrogens (tertiary/aromatic N) is 1. The van der Waals surface area contributed by atoms with E-state index in [-0.39, 0.29) is 12.1 Å².